The van der Waals surface area contributed by atoms with Gasteiger partial charge in [-0.1, -0.05) is 0 Å². The highest BCUT2D eigenvalue weighted by Crippen LogP contribution is 1.92. The Balaban J connectivity index is 2.74. The van der Waals surface area contributed by atoms with Gasteiger partial charge in [0.05, 0.1) is 16.0 Å². The Morgan fingerprint density at radius 1 is 1.73 bits per heavy atom. The SMILES string of the molecule is N#CCNC(=O)Cn1cncc(I)c1=O. The lowest BCUT2D eigenvalue weighted by Gasteiger charge is -2.04. The van der Waals surface area contributed by atoms with Crippen molar-refractivity contribution in [2.24, 2.45) is 0 Å². The minimum Gasteiger partial charge on any atom is -0.341 e. The number of rotatable bonds is 3. The molecule has 1 amide bonds. The van der Waals surface area contributed by atoms with Crippen LogP contribution in [0, 0.1) is 14.9 Å². The zero-order valence-corrected chi connectivity index (χ0v) is 9.76. The molecule has 0 fully saturated rings. The molecule has 1 rings (SSSR count). The molecule has 15 heavy (non-hydrogen) atoms. The van der Waals surface area contributed by atoms with Crippen LogP contribution in [0.1, 0.15) is 0 Å². The van der Waals surface area contributed by atoms with Gasteiger partial charge in [0.1, 0.15) is 13.1 Å². The van der Waals surface area contributed by atoms with E-state index in [2.05, 4.69) is 10.3 Å². The van der Waals surface area contributed by atoms with Gasteiger partial charge >= 0.3 is 0 Å². The third-order valence-corrected chi connectivity index (χ3v) is 2.28. The number of carbonyl (C=O) groups excluding carboxylic acids is 1. The van der Waals surface area contributed by atoms with E-state index in [-0.39, 0.29) is 24.6 Å². The predicted octanol–water partition coefficient (Wildman–Crippen LogP) is -0.512. The molecule has 0 aliphatic rings. The van der Waals surface area contributed by atoms with Crippen molar-refractivity contribution in [3.63, 3.8) is 0 Å². The monoisotopic (exact) mass is 318 g/mol. The van der Waals surface area contributed by atoms with Crippen LogP contribution < -0.4 is 10.9 Å². The molecule has 6 nitrogen and oxygen atoms in total. The number of nitrogens with zero attached hydrogens (tertiary/aromatic N) is 3. The van der Waals surface area contributed by atoms with Gasteiger partial charge in [-0.2, -0.15) is 5.26 Å². The van der Waals surface area contributed by atoms with Crippen molar-refractivity contribution in [3.8, 4) is 6.07 Å². The second-order valence-electron chi connectivity index (χ2n) is 2.61. The Morgan fingerprint density at radius 2 is 2.47 bits per heavy atom. The normalized spacial score (nSPS) is 9.33. The fourth-order valence-corrected chi connectivity index (χ4v) is 1.36. The molecule has 0 saturated heterocycles. The number of halogens is 1. The van der Waals surface area contributed by atoms with E-state index < -0.39 is 0 Å². The van der Waals surface area contributed by atoms with Crippen LogP contribution in [0.5, 0.6) is 0 Å². The molecule has 1 aromatic heterocycles. The van der Waals surface area contributed by atoms with Gasteiger partial charge in [0.15, 0.2) is 0 Å². The first-order valence-electron chi connectivity index (χ1n) is 3.98. The van der Waals surface area contributed by atoms with E-state index in [1.54, 1.807) is 6.07 Å². The van der Waals surface area contributed by atoms with Crippen molar-refractivity contribution in [2.75, 3.05) is 6.54 Å². The average molecular weight is 318 g/mol. The van der Waals surface area contributed by atoms with Crippen LogP contribution in [0.2, 0.25) is 0 Å². The van der Waals surface area contributed by atoms with E-state index in [0.717, 1.165) is 0 Å². The molecule has 7 heteroatoms. The number of carbonyl (C=O) groups is 1. The fourth-order valence-electron chi connectivity index (χ4n) is 0.885. The quantitative estimate of drug-likeness (QED) is 0.600. The fraction of sp³-hybridized carbons (Fsp3) is 0.250. The highest BCUT2D eigenvalue weighted by Gasteiger charge is 2.05. The summed E-state index contributed by atoms with van der Waals surface area (Å²) in [6.45, 7) is -0.185. The molecule has 0 aliphatic carbocycles. The summed E-state index contributed by atoms with van der Waals surface area (Å²) in [5.74, 6) is -0.387. The lowest BCUT2D eigenvalue weighted by atomic mass is 10.5. The number of hydrogen-bond acceptors (Lipinski definition) is 4. The lowest BCUT2D eigenvalue weighted by Crippen LogP contribution is -2.33. The molecular weight excluding hydrogens is 311 g/mol. The minimum atomic E-state index is -0.387. The van der Waals surface area contributed by atoms with E-state index >= 15 is 0 Å². The number of amides is 1. The van der Waals surface area contributed by atoms with E-state index in [4.69, 9.17) is 5.26 Å². The predicted molar refractivity (Wildman–Crippen MR) is 59.8 cm³/mol. The van der Waals surface area contributed by atoms with E-state index in [1.165, 1.54) is 17.1 Å². The van der Waals surface area contributed by atoms with Crippen molar-refractivity contribution in [1.29, 1.82) is 5.26 Å². The first-order chi connectivity index (χ1) is 7.15. The summed E-state index contributed by atoms with van der Waals surface area (Å²) in [5, 5.41) is 10.6. The van der Waals surface area contributed by atoms with Crippen LogP contribution in [-0.4, -0.2) is 22.0 Å². The molecule has 1 aromatic rings. The number of nitrogens with one attached hydrogen (secondary N) is 1. The molecule has 0 saturated carbocycles. The number of hydrogen-bond donors (Lipinski definition) is 1. The van der Waals surface area contributed by atoms with Gasteiger partial charge in [-0.05, 0) is 22.6 Å². The van der Waals surface area contributed by atoms with Gasteiger partial charge in [-0.3, -0.25) is 14.2 Å². The topological polar surface area (TPSA) is 87.8 Å². The van der Waals surface area contributed by atoms with Crippen LogP contribution in [0.3, 0.4) is 0 Å². The molecular formula is C8H7IN4O2. The zero-order valence-electron chi connectivity index (χ0n) is 7.61. The smallest absolute Gasteiger partial charge is 0.267 e. The van der Waals surface area contributed by atoms with Gasteiger partial charge in [-0.25, -0.2) is 4.98 Å². The van der Waals surface area contributed by atoms with Crippen LogP contribution in [0.15, 0.2) is 17.3 Å². The molecule has 0 atom stereocenters. The molecule has 0 unspecified atom stereocenters. The van der Waals surface area contributed by atoms with Gasteiger partial charge in [0.25, 0.3) is 5.56 Å². The second-order valence-corrected chi connectivity index (χ2v) is 3.77. The van der Waals surface area contributed by atoms with Crippen molar-refractivity contribution in [2.45, 2.75) is 6.54 Å². The summed E-state index contributed by atoms with van der Waals surface area (Å²) in [6, 6.07) is 1.77. The maximum Gasteiger partial charge on any atom is 0.267 e. The van der Waals surface area contributed by atoms with Gasteiger partial charge in [0.2, 0.25) is 5.91 Å². The van der Waals surface area contributed by atoms with Crippen molar-refractivity contribution in [1.82, 2.24) is 14.9 Å². The molecule has 0 aromatic carbocycles. The summed E-state index contributed by atoms with van der Waals surface area (Å²) in [7, 11) is 0. The van der Waals surface area contributed by atoms with Gasteiger partial charge in [-0.15, -0.1) is 0 Å². The molecule has 0 radical (unpaired) electrons. The summed E-state index contributed by atoms with van der Waals surface area (Å²) in [4.78, 5) is 26.4. The third kappa shape index (κ3) is 3.32. The molecule has 0 spiro atoms. The Bertz CT molecular complexity index is 462. The second kappa shape index (κ2) is 5.45. The standard InChI is InChI=1S/C8H7IN4O2/c9-6-3-11-5-13(8(6)15)4-7(14)12-2-1-10/h3,5H,2,4H2,(H,12,14). The Morgan fingerprint density at radius 3 is 3.13 bits per heavy atom. The number of aromatic nitrogens is 2. The summed E-state index contributed by atoms with van der Waals surface area (Å²) in [5.41, 5.74) is -0.266. The summed E-state index contributed by atoms with van der Waals surface area (Å²) >= 11 is 1.85. The van der Waals surface area contributed by atoms with Gasteiger partial charge < -0.3 is 5.32 Å². The first kappa shape index (κ1) is 11.6. The molecule has 78 valence electrons. The van der Waals surface area contributed by atoms with Crippen LogP contribution in [0.4, 0.5) is 0 Å². The van der Waals surface area contributed by atoms with Crippen molar-refractivity contribution < 1.29 is 4.79 Å². The highest BCUT2D eigenvalue weighted by atomic mass is 127. The van der Waals surface area contributed by atoms with Gasteiger partial charge in [0, 0.05) is 6.20 Å². The van der Waals surface area contributed by atoms with Crippen molar-refractivity contribution >= 4 is 28.5 Å². The summed E-state index contributed by atoms with van der Waals surface area (Å²) < 4.78 is 1.64. The minimum absolute atomic E-state index is 0.0645. The lowest BCUT2D eigenvalue weighted by molar-refractivity contribution is -0.121. The maximum absolute atomic E-state index is 11.4. The molecule has 0 aliphatic heterocycles. The largest absolute Gasteiger partial charge is 0.341 e. The highest BCUT2D eigenvalue weighted by molar-refractivity contribution is 14.1. The molecule has 1 N–H and O–H groups in total. The Hall–Kier alpha value is -1.43. The maximum atomic E-state index is 11.4. The molecule has 0 bridgehead atoms. The Kier molecular flexibility index (Phi) is 4.23. The molecule has 1 heterocycles. The van der Waals surface area contributed by atoms with E-state index in [0.29, 0.717) is 3.57 Å². The third-order valence-electron chi connectivity index (χ3n) is 1.54. The average Bonchev–Trinajstić information content (AvgIpc) is 2.22. The van der Waals surface area contributed by atoms with Crippen molar-refractivity contribution in [3.05, 3.63) is 26.4 Å². The summed E-state index contributed by atoms with van der Waals surface area (Å²) in [6.07, 6.45) is 2.71. The first-order valence-corrected chi connectivity index (χ1v) is 5.06. The van der Waals surface area contributed by atoms with Crippen LogP contribution in [0.25, 0.3) is 0 Å². The van der Waals surface area contributed by atoms with Crippen LogP contribution in [-0.2, 0) is 11.3 Å². The van der Waals surface area contributed by atoms with Crippen LogP contribution >= 0.6 is 22.6 Å². The number of nitriles is 1. The van der Waals surface area contributed by atoms with E-state index in [1.807, 2.05) is 22.6 Å². The van der Waals surface area contributed by atoms with E-state index in [9.17, 15) is 9.59 Å². The Labute approximate surface area is 99.1 Å². The zero-order chi connectivity index (χ0) is 11.3.